The van der Waals surface area contributed by atoms with Gasteiger partial charge in [0, 0.05) is 32.3 Å². The Labute approximate surface area is 180 Å². The van der Waals surface area contributed by atoms with Gasteiger partial charge in [-0.05, 0) is 42.0 Å². The summed E-state index contributed by atoms with van der Waals surface area (Å²) in [7, 11) is 1.78. The average Bonchev–Trinajstić information content (AvgIpc) is 3.36. The zero-order chi connectivity index (χ0) is 21.9. The highest BCUT2D eigenvalue weighted by Gasteiger charge is 2.38. The van der Waals surface area contributed by atoms with Gasteiger partial charge in [0.05, 0.1) is 17.3 Å². The number of carbonyl (C=O) groups excluding carboxylic acids is 1. The van der Waals surface area contributed by atoms with Gasteiger partial charge < -0.3 is 4.90 Å². The zero-order valence-corrected chi connectivity index (χ0v) is 18.4. The number of piperidine rings is 1. The Morgan fingerprint density at radius 3 is 2.68 bits per heavy atom. The van der Waals surface area contributed by atoms with Gasteiger partial charge in [-0.3, -0.25) is 19.0 Å². The van der Waals surface area contributed by atoms with Gasteiger partial charge in [-0.25, -0.2) is 9.78 Å². The van der Waals surface area contributed by atoms with Gasteiger partial charge in [0.15, 0.2) is 5.65 Å². The smallest absolute Gasteiger partial charge is 0.330 e. The number of amides is 1. The first-order valence-corrected chi connectivity index (χ1v) is 10.8. The fourth-order valence-electron chi connectivity index (χ4n) is 4.88. The number of nitrogens with one attached hydrogen (secondary N) is 1. The molecule has 162 valence electrons. The third kappa shape index (κ3) is 3.30. The van der Waals surface area contributed by atoms with E-state index in [0.29, 0.717) is 24.4 Å². The monoisotopic (exact) mass is 420 g/mol. The van der Waals surface area contributed by atoms with Crippen molar-refractivity contribution in [2.75, 3.05) is 6.54 Å². The van der Waals surface area contributed by atoms with E-state index in [1.54, 1.807) is 23.9 Å². The predicted octanol–water partition coefficient (Wildman–Crippen LogP) is 2.82. The van der Waals surface area contributed by atoms with Crippen LogP contribution in [0.4, 0.5) is 0 Å². The first-order chi connectivity index (χ1) is 14.7. The minimum atomic E-state index is -0.0370. The summed E-state index contributed by atoms with van der Waals surface area (Å²) in [6.07, 6.45) is 5.78. The largest absolute Gasteiger partial charge is 0.330 e. The third-order valence-electron chi connectivity index (χ3n) is 6.34. The van der Waals surface area contributed by atoms with E-state index in [2.05, 4.69) is 37.0 Å². The van der Waals surface area contributed by atoms with Crippen molar-refractivity contribution in [1.82, 2.24) is 29.2 Å². The fraction of sp³-hybridized carbons (Fsp3) is 0.478. The average molecular weight is 421 g/mol. The molecule has 5 heterocycles. The van der Waals surface area contributed by atoms with Crippen LogP contribution < -0.4 is 5.69 Å². The van der Waals surface area contributed by atoms with Crippen LogP contribution in [0.1, 0.15) is 49.8 Å². The highest BCUT2D eigenvalue weighted by molar-refractivity contribution is 5.93. The number of H-pyrrole nitrogens is 1. The van der Waals surface area contributed by atoms with E-state index in [1.807, 2.05) is 21.6 Å². The maximum atomic E-state index is 12.8. The quantitative estimate of drug-likeness (QED) is 0.706. The number of imidazole rings is 1. The highest BCUT2D eigenvalue weighted by Crippen LogP contribution is 2.40. The normalized spacial score (nSPS) is 21.0. The van der Waals surface area contributed by atoms with Crippen molar-refractivity contribution in [3.8, 4) is 0 Å². The van der Waals surface area contributed by atoms with Crippen molar-refractivity contribution in [3.05, 3.63) is 52.3 Å². The van der Waals surface area contributed by atoms with E-state index in [4.69, 9.17) is 4.98 Å². The number of fused-ring (bicyclic) bond motifs is 3. The molecule has 1 N–H and O–H groups in total. The van der Waals surface area contributed by atoms with Gasteiger partial charge in [0.2, 0.25) is 0 Å². The third-order valence-corrected chi connectivity index (χ3v) is 6.34. The van der Waals surface area contributed by atoms with E-state index in [-0.39, 0.29) is 29.0 Å². The van der Waals surface area contributed by atoms with Crippen molar-refractivity contribution in [3.63, 3.8) is 0 Å². The second kappa shape index (κ2) is 6.93. The maximum Gasteiger partial charge on any atom is 0.330 e. The summed E-state index contributed by atoms with van der Waals surface area (Å²) in [6, 6.07) is 5.81. The molecule has 2 atom stereocenters. The lowest BCUT2D eigenvalue weighted by atomic mass is 9.78. The minimum Gasteiger partial charge on any atom is -0.330 e. The van der Waals surface area contributed by atoms with Crippen LogP contribution in [0.3, 0.4) is 0 Å². The number of aromatic nitrogens is 5. The maximum absolute atomic E-state index is 12.8. The van der Waals surface area contributed by atoms with E-state index in [1.165, 1.54) is 5.57 Å². The topological polar surface area (TPSA) is 88.8 Å². The fourth-order valence-corrected chi connectivity index (χ4v) is 4.88. The van der Waals surface area contributed by atoms with Crippen molar-refractivity contribution in [1.29, 1.82) is 0 Å². The molecule has 6 rings (SSSR count). The SMILES string of the molecule is Cn1c(=O)n(CC(C)(C)C)c2ccc(C3=CC4CCC3CN4C(=O)c3ccn[nH]3)nc21. The molecule has 0 spiro atoms. The number of hydrogen-bond donors (Lipinski definition) is 1. The Morgan fingerprint density at radius 1 is 1.23 bits per heavy atom. The van der Waals surface area contributed by atoms with Crippen molar-refractivity contribution < 1.29 is 4.79 Å². The summed E-state index contributed by atoms with van der Waals surface area (Å²) >= 11 is 0. The van der Waals surface area contributed by atoms with Gasteiger partial charge in [0.25, 0.3) is 5.91 Å². The molecule has 1 fully saturated rings. The van der Waals surface area contributed by atoms with Crippen LogP contribution in [0.5, 0.6) is 0 Å². The molecular formula is C23H28N6O2. The second-order valence-electron chi connectivity index (χ2n) is 9.92. The van der Waals surface area contributed by atoms with Crippen molar-refractivity contribution in [2.24, 2.45) is 18.4 Å². The molecule has 8 heteroatoms. The molecule has 1 saturated heterocycles. The summed E-state index contributed by atoms with van der Waals surface area (Å²) in [5.74, 6) is 0.239. The number of carbonyl (C=O) groups is 1. The molecule has 1 amide bonds. The first kappa shape index (κ1) is 19.8. The lowest BCUT2D eigenvalue weighted by molar-refractivity contribution is 0.0603. The standard InChI is InChI=1S/C23H28N6O2/c1-23(2,3)13-29-19-8-7-17(25-20(19)27(4)22(29)31)16-11-15-6-5-14(16)12-28(15)21(30)18-9-10-24-26-18/h7-11,14-15H,5-6,12-13H2,1-4H3,(H,24,26). The first-order valence-electron chi connectivity index (χ1n) is 10.8. The molecule has 31 heavy (non-hydrogen) atoms. The highest BCUT2D eigenvalue weighted by atomic mass is 16.2. The summed E-state index contributed by atoms with van der Waals surface area (Å²) in [5.41, 5.74) is 4.14. The molecule has 3 aromatic heterocycles. The number of hydrogen-bond acceptors (Lipinski definition) is 4. The van der Waals surface area contributed by atoms with Gasteiger partial charge >= 0.3 is 5.69 Å². The number of nitrogens with zero attached hydrogens (tertiary/aromatic N) is 5. The molecule has 8 nitrogen and oxygen atoms in total. The second-order valence-corrected chi connectivity index (χ2v) is 9.92. The van der Waals surface area contributed by atoms with Crippen LogP contribution in [-0.4, -0.2) is 47.7 Å². The van der Waals surface area contributed by atoms with Crippen LogP contribution in [0.25, 0.3) is 16.7 Å². The molecule has 2 aliphatic heterocycles. The summed E-state index contributed by atoms with van der Waals surface area (Å²) in [5, 5.41) is 6.68. The molecule has 1 aliphatic carbocycles. The van der Waals surface area contributed by atoms with Crippen molar-refractivity contribution in [2.45, 2.75) is 46.2 Å². The van der Waals surface area contributed by atoms with E-state index in [9.17, 15) is 9.59 Å². The molecule has 3 aromatic rings. The van der Waals surface area contributed by atoms with Crippen LogP contribution in [-0.2, 0) is 13.6 Å². The molecule has 0 saturated carbocycles. The molecule has 0 radical (unpaired) electrons. The van der Waals surface area contributed by atoms with E-state index >= 15 is 0 Å². The summed E-state index contributed by atoms with van der Waals surface area (Å²) in [6.45, 7) is 7.69. The number of aromatic amines is 1. The van der Waals surface area contributed by atoms with E-state index < -0.39 is 0 Å². The van der Waals surface area contributed by atoms with Crippen LogP contribution >= 0.6 is 0 Å². The summed E-state index contributed by atoms with van der Waals surface area (Å²) < 4.78 is 3.46. The Hall–Kier alpha value is -3.16. The van der Waals surface area contributed by atoms with Gasteiger partial charge in [-0.15, -0.1) is 0 Å². The zero-order valence-electron chi connectivity index (χ0n) is 18.4. The minimum absolute atomic E-state index is 0.00688. The number of pyridine rings is 1. The number of aryl methyl sites for hydroxylation is 1. The van der Waals surface area contributed by atoms with Crippen LogP contribution in [0.15, 0.2) is 35.3 Å². The van der Waals surface area contributed by atoms with Gasteiger partial charge in [0.1, 0.15) is 5.69 Å². The Bertz CT molecular complexity index is 1240. The van der Waals surface area contributed by atoms with E-state index in [0.717, 1.165) is 24.1 Å². The van der Waals surface area contributed by atoms with Crippen LogP contribution in [0, 0.1) is 11.3 Å². The lowest BCUT2D eigenvalue weighted by Crippen LogP contribution is -2.49. The Morgan fingerprint density at radius 2 is 2.03 bits per heavy atom. The lowest BCUT2D eigenvalue weighted by Gasteiger charge is -2.44. The van der Waals surface area contributed by atoms with Crippen LogP contribution in [0.2, 0.25) is 0 Å². The molecule has 2 bridgehead atoms. The number of rotatable bonds is 3. The molecule has 0 aromatic carbocycles. The Kier molecular flexibility index (Phi) is 4.42. The molecular weight excluding hydrogens is 392 g/mol. The summed E-state index contributed by atoms with van der Waals surface area (Å²) in [4.78, 5) is 32.5. The molecule has 3 aliphatic rings. The predicted molar refractivity (Wildman–Crippen MR) is 119 cm³/mol. The van der Waals surface area contributed by atoms with Crippen molar-refractivity contribution >= 4 is 22.6 Å². The molecule has 2 unspecified atom stereocenters. The van der Waals surface area contributed by atoms with Gasteiger partial charge in [-0.2, -0.15) is 5.10 Å². The van der Waals surface area contributed by atoms with Gasteiger partial charge in [-0.1, -0.05) is 26.8 Å². The Balaban J connectivity index is 1.50.